The molecule has 1 aliphatic rings. The summed E-state index contributed by atoms with van der Waals surface area (Å²) in [5.41, 5.74) is 3.95. The summed E-state index contributed by atoms with van der Waals surface area (Å²) < 4.78 is 0. The molecule has 0 radical (unpaired) electrons. The molecule has 0 atom stereocenters. The molecule has 0 aliphatic heterocycles. The molecule has 1 saturated carbocycles. The van der Waals surface area contributed by atoms with E-state index in [4.69, 9.17) is 0 Å². The summed E-state index contributed by atoms with van der Waals surface area (Å²) in [5, 5.41) is 9.23. The van der Waals surface area contributed by atoms with Gasteiger partial charge in [-0.05, 0) is 48.2 Å². The van der Waals surface area contributed by atoms with Crippen LogP contribution in [0.15, 0.2) is 48.5 Å². The number of carbonyl (C=O) groups is 2. The van der Waals surface area contributed by atoms with E-state index in [1.165, 1.54) is 6.92 Å². The maximum atomic E-state index is 12.3. The van der Waals surface area contributed by atoms with E-state index in [2.05, 4.69) is 22.0 Å². The van der Waals surface area contributed by atoms with Crippen LogP contribution in [0, 0.1) is 5.92 Å². The van der Waals surface area contributed by atoms with Crippen molar-refractivity contribution in [2.45, 2.75) is 45.7 Å². The fourth-order valence-electron chi connectivity index (χ4n) is 3.45. The molecule has 2 aromatic rings. The maximum Gasteiger partial charge on any atom is 0.227 e. The SMILES string of the molecule is CC(=O)Nc1ccc(CNCc2cccc(NC(=O)C3CCCC3)c2)cc1. The largest absolute Gasteiger partial charge is 0.326 e. The lowest BCUT2D eigenvalue weighted by molar-refractivity contribution is -0.119. The number of carbonyl (C=O) groups excluding carboxylic acids is 2. The Kier molecular flexibility index (Phi) is 6.60. The van der Waals surface area contributed by atoms with E-state index in [-0.39, 0.29) is 17.7 Å². The standard InChI is InChI=1S/C22H27N3O2/c1-16(26)24-20-11-9-17(10-12-20)14-23-15-18-5-4-8-21(13-18)25-22(27)19-6-2-3-7-19/h4-5,8-13,19,23H,2-3,6-7,14-15H2,1H3,(H,24,26)(H,25,27). The van der Waals surface area contributed by atoms with Gasteiger partial charge in [0.2, 0.25) is 11.8 Å². The van der Waals surface area contributed by atoms with Crippen molar-refractivity contribution in [3.05, 3.63) is 59.7 Å². The highest BCUT2D eigenvalue weighted by atomic mass is 16.2. The van der Waals surface area contributed by atoms with Crippen molar-refractivity contribution >= 4 is 23.2 Å². The Hall–Kier alpha value is -2.66. The number of rotatable bonds is 7. The van der Waals surface area contributed by atoms with Crippen molar-refractivity contribution in [2.75, 3.05) is 10.6 Å². The van der Waals surface area contributed by atoms with Crippen molar-refractivity contribution in [3.63, 3.8) is 0 Å². The van der Waals surface area contributed by atoms with E-state index in [0.717, 1.165) is 61.3 Å². The fourth-order valence-corrected chi connectivity index (χ4v) is 3.45. The van der Waals surface area contributed by atoms with Gasteiger partial charge in [-0.3, -0.25) is 9.59 Å². The first-order chi connectivity index (χ1) is 13.1. The summed E-state index contributed by atoms with van der Waals surface area (Å²) in [6.07, 6.45) is 4.34. The number of nitrogens with one attached hydrogen (secondary N) is 3. The van der Waals surface area contributed by atoms with E-state index in [0.29, 0.717) is 0 Å². The average molecular weight is 365 g/mol. The Bertz CT molecular complexity index is 780. The molecule has 0 spiro atoms. The first-order valence-electron chi connectivity index (χ1n) is 9.57. The van der Waals surface area contributed by atoms with Crippen LogP contribution in [0.25, 0.3) is 0 Å². The third-order valence-corrected chi connectivity index (χ3v) is 4.85. The van der Waals surface area contributed by atoms with Crippen molar-refractivity contribution in [1.82, 2.24) is 5.32 Å². The summed E-state index contributed by atoms with van der Waals surface area (Å²) in [7, 11) is 0. The summed E-state index contributed by atoms with van der Waals surface area (Å²) in [5.74, 6) is 0.255. The molecule has 0 heterocycles. The van der Waals surface area contributed by atoms with Crippen molar-refractivity contribution < 1.29 is 9.59 Å². The second kappa shape index (κ2) is 9.33. The minimum absolute atomic E-state index is 0.0687. The Morgan fingerprint density at radius 1 is 0.889 bits per heavy atom. The van der Waals surface area contributed by atoms with E-state index >= 15 is 0 Å². The van der Waals surface area contributed by atoms with E-state index in [1.807, 2.05) is 42.5 Å². The lowest BCUT2D eigenvalue weighted by Crippen LogP contribution is -2.20. The van der Waals surface area contributed by atoms with Gasteiger partial charge in [0.25, 0.3) is 0 Å². The average Bonchev–Trinajstić information content (AvgIpc) is 3.18. The van der Waals surface area contributed by atoms with Gasteiger partial charge in [-0.1, -0.05) is 37.1 Å². The van der Waals surface area contributed by atoms with Crippen LogP contribution in [0.2, 0.25) is 0 Å². The normalized spacial score (nSPS) is 14.1. The second-order valence-electron chi connectivity index (χ2n) is 7.15. The number of anilines is 2. The zero-order valence-electron chi connectivity index (χ0n) is 15.8. The van der Waals surface area contributed by atoms with Gasteiger partial charge in [-0.15, -0.1) is 0 Å². The van der Waals surface area contributed by atoms with Gasteiger partial charge in [-0.25, -0.2) is 0 Å². The van der Waals surface area contributed by atoms with Gasteiger partial charge in [0.1, 0.15) is 0 Å². The zero-order valence-corrected chi connectivity index (χ0v) is 15.8. The molecule has 142 valence electrons. The van der Waals surface area contributed by atoms with Crippen LogP contribution in [0.3, 0.4) is 0 Å². The van der Waals surface area contributed by atoms with E-state index in [1.54, 1.807) is 0 Å². The summed E-state index contributed by atoms with van der Waals surface area (Å²) in [4.78, 5) is 23.3. The molecule has 1 fully saturated rings. The predicted octanol–water partition coefficient (Wildman–Crippen LogP) is 4.06. The lowest BCUT2D eigenvalue weighted by Gasteiger charge is -2.12. The van der Waals surface area contributed by atoms with Crippen LogP contribution >= 0.6 is 0 Å². The molecule has 2 aromatic carbocycles. The first kappa shape index (κ1) is 19.1. The summed E-state index contributed by atoms with van der Waals surface area (Å²) >= 11 is 0. The van der Waals surface area contributed by atoms with Gasteiger partial charge in [-0.2, -0.15) is 0 Å². The summed E-state index contributed by atoms with van der Waals surface area (Å²) in [6.45, 7) is 2.96. The minimum Gasteiger partial charge on any atom is -0.326 e. The van der Waals surface area contributed by atoms with Crippen molar-refractivity contribution in [2.24, 2.45) is 5.92 Å². The lowest BCUT2D eigenvalue weighted by atomic mass is 10.1. The smallest absolute Gasteiger partial charge is 0.227 e. The molecule has 0 saturated heterocycles. The molecule has 27 heavy (non-hydrogen) atoms. The Morgan fingerprint density at radius 3 is 2.30 bits per heavy atom. The molecular weight excluding hydrogens is 338 g/mol. The van der Waals surface area contributed by atoms with Crippen LogP contribution in [-0.4, -0.2) is 11.8 Å². The fraction of sp³-hybridized carbons (Fsp3) is 0.364. The maximum absolute atomic E-state index is 12.3. The first-order valence-corrected chi connectivity index (χ1v) is 9.57. The van der Waals surface area contributed by atoms with Crippen LogP contribution in [-0.2, 0) is 22.7 Å². The number of hydrogen-bond donors (Lipinski definition) is 3. The van der Waals surface area contributed by atoms with Gasteiger partial charge in [0.05, 0.1) is 0 Å². The van der Waals surface area contributed by atoms with Gasteiger partial charge in [0, 0.05) is 37.3 Å². The van der Waals surface area contributed by atoms with E-state index in [9.17, 15) is 9.59 Å². The molecule has 5 heteroatoms. The molecule has 3 rings (SSSR count). The van der Waals surface area contributed by atoms with Crippen LogP contribution in [0.4, 0.5) is 11.4 Å². The predicted molar refractivity (Wildman–Crippen MR) is 108 cm³/mol. The molecule has 2 amide bonds. The highest BCUT2D eigenvalue weighted by molar-refractivity contribution is 5.92. The van der Waals surface area contributed by atoms with Crippen LogP contribution in [0.5, 0.6) is 0 Å². The second-order valence-corrected chi connectivity index (χ2v) is 7.15. The zero-order chi connectivity index (χ0) is 19.1. The Morgan fingerprint density at radius 2 is 1.59 bits per heavy atom. The molecule has 0 unspecified atom stereocenters. The molecule has 0 bridgehead atoms. The molecule has 3 N–H and O–H groups in total. The third-order valence-electron chi connectivity index (χ3n) is 4.85. The van der Waals surface area contributed by atoms with Gasteiger partial charge < -0.3 is 16.0 Å². The van der Waals surface area contributed by atoms with Crippen LogP contribution < -0.4 is 16.0 Å². The Balaban J connectivity index is 1.48. The van der Waals surface area contributed by atoms with Crippen molar-refractivity contribution in [3.8, 4) is 0 Å². The Labute approximate surface area is 160 Å². The highest BCUT2D eigenvalue weighted by Crippen LogP contribution is 2.26. The van der Waals surface area contributed by atoms with Gasteiger partial charge in [0.15, 0.2) is 0 Å². The van der Waals surface area contributed by atoms with Crippen LogP contribution in [0.1, 0.15) is 43.7 Å². The molecule has 1 aliphatic carbocycles. The number of hydrogen-bond acceptors (Lipinski definition) is 3. The quantitative estimate of drug-likeness (QED) is 0.693. The van der Waals surface area contributed by atoms with Gasteiger partial charge >= 0.3 is 0 Å². The minimum atomic E-state index is -0.0687. The monoisotopic (exact) mass is 365 g/mol. The van der Waals surface area contributed by atoms with E-state index < -0.39 is 0 Å². The number of benzene rings is 2. The topological polar surface area (TPSA) is 70.2 Å². The summed E-state index contributed by atoms with van der Waals surface area (Å²) in [6, 6.07) is 15.8. The van der Waals surface area contributed by atoms with Crippen molar-refractivity contribution in [1.29, 1.82) is 0 Å². The highest BCUT2D eigenvalue weighted by Gasteiger charge is 2.22. The number of amides is 2. The molecule has 0 aromatic heterocycles. The molecular formula is C22H27N3O2. The third kappa shape index (κ3) is 5.93. The molecule has 5 nitrogen and oxygen atoms in total.